The number of sulfone groups is 1. The first-order valence-corrected chi connectivity index (χ1v) is 9.26. The van der Waals surface area contributed by atoms with Crippen LogP contribution in [-0.2, 0) is 9.84 Å². The summed E-state index contributed by atoms with van der Waals surface area (Å²) in [7, 11) is -3.28. The fourth-order valence-corrected chi connectivity index (χ4v) is 2.93. The van der Waals surface area contributed by atoms with E-state index in [0.29, 0.717) is 5.56 Å². The van der Waals surface area contributed by atoms with Gasteiger partial charge in [0.15, 0.2) is 9.84 Å². The zero-order valence-corrected chi connectivity index (χ0v) is 13.9. The van der Waals surface area contributed by atoms with E-state index in [-0.39, 0.29) is 0 Å². The van der Waals surface area contributed by atoms with Crippen molar-refractivity contribution in [2.24, 2.45) is 0 Å². The highest BCUT2D eigenvalue weighted by Gasteiger charge is 2.27. The van der Waals surface area contributed by atoms with Crippen LogP contribution in [0.25, 0.3) is 11.1 Å². The summed E-state index contributed by atoms with van der Waals surface area (Å²) in [6.45, 7) is 0. The Morgan fingerprint density at radius 2 is 1.45 bits per heavy atom. The number of aliphatic hydroxyl groups is 1. The molecule has 2 atom stereocenters. The number of hydrogen-bond donors (Lipinski definition) is 1. The highest BCUT2D eigenvalue weighted by Crippen LogP contribution is 2.28. The zero-order chi connectivity index (χ0) is 14.8. The van der Waals surface area contributed by atoms with Crippen LogP contribution in [-0.4, -0.2) is 23.0 Å². The summed E-state index contributed by atoms with van der Waals surface area (Å²) >= 11 is 1.76. The van der Waals surface area contributed by atoms with Crippen molar-refractivity contribution in [1.29, 1.82) is 0 Å². The topological polar surface area (TPSA) is 54.4 Å². The van der Waals surface area contributed by atoms with E-state index in [1.807, 2.05) is 42.5 Å². The lowest BCUT2D eigenvalue weighted by molar-refractivity contribution is 0.197. The summed E-state index contributed by atoms with van der Waals surface area (Å²) in [5, 5.41) is 10.1. The lowest BCUT2D eigenvalue weighted by Crippen LogP contribution is -2.21. The summed E-state index contributed by atoms with van der Waals surface area (Å²) < 4.78 is 22.1. The molecule has 1 N–H and O–H groups in total. The van der Waals surface area contributed by atoms with Crippen LogP contribution in [0.15, 0.2) is 54.6 Å². The molecule has 0 bridgehead atoms. The first-order chi connectivity index (χ1) is 9.39. The largest absolute Gasteiger partial charge is 0.386 e. The van der Waals surface area contributed by atoms with Gasteiger partial charge in [-0.3, -0.25) is 0 Å². The summed E-state index contributed by atoms with van der Waals surface area (Å²) in [6, 6.07) is 17.2. The number of benzene rings is 2. The maximum atomic E-state index is 11.5. The number of rotatable bonds is 4. The minimum absolute atomic E-state index is 0.606. The van der Waals surface area contributed by atoms with E-state index in [4.69, 9.17) is 0 Å². The quantitative estimate of drug-likeness (QED) is 0.632. The second kappa shape index (κ2) is 6.24. The molecule has 0 heterocycles. The van der Waals surface area contributed by atoms with Gasteiger partial charge in [0.05, 0.1) is 0 Å². The fourth-order valence-electron chi connectivity index (χ4n) is 1.89. The number of hydrogen-bond acceptors (Lipinski definition) is 3. The van der Waals surface area contributed by atoms with E-state index < -0.39 is 19.2 Å². The van der Waals surface area contributed by atoms with E-state index in [2.05, 4.69) is 0 Å². The molecule has 106 valence electrons. The van der Waals surface area contributed by atoms with Crippen molar-refractivity contribution in [3.8, 4) is 11.1 Å². The average Bonchev–Trinajstić information content (AvgIpc) is 2.46. The molecule has 2 aromatic rings. The molecule has 2 rings (SSSR count). The van der Waals surface area contributed by atoms with Crippen LogP contribution in [0.4, 0.5) is 0 Å². The van der Waals surface area contributed by atoms with Crippen molar-refractivity contribution in [2.45, 2.75) is 9.36 Å². The summed E-state index contributed by atoms with van der Waals surface area (Å²) in [5.41, 5.74) is 2.73. The van der Waals surface area contributed by atoms with E-state index in [1.165, 1.54) is 0 Å². The molecule has 0 radical (unpaired) electrons. The summed E-state index contributed by atoms with van der Waals surface area (Å²) in [4.78, 5) is 0. The van der Waals surface area contributed by atoms with Gasteiger partial charge < -0.3 is 5.11 Å². The van der Waals surface area contributed by atoms with Crippen LogP contribution < -0.4 is 0 Å². The van der Waals surface area contributed by atoms with Crippen LogP contribution in [0.2, 0.25) is 0 Å². The minimum atomic E-state index is -3.28. The van der Waals surface area contributed by atoms with Crippen LogP contribution in [0.3, 0.4) is 0 Å². The van der Waals surface area contributed by atoms with Crippen LogP contribution in [0.1, 0.15) is 11.7 Å². The predicted octanol–water partition coefficient (Wildman–Crippen LogP) is 3.19. The van der Waals surface area contributed by atoms with Crippen molar-refractivity contribution in [2.75, 3.05) is 6.26 Å². The predicted molar refractivity (Wildman–Crippen MR) is 89.5 cm³/mol. The maximum absolute atomic E-state index is 11.5. The number of aliphatic hydroxyl groups excluding tert-OH is 1. The highest BCUT2D eigenvalue weighted by molar-refractivity contribution is 14.1. The molecule has 0 fully saturated rings. The van der Waals surface area contributed by atoms with Crippen molar-refractivity contribution in [3.05, 3.63) is 60.2 Å². The van der Waals surface area contributed by atoms with Crippen molar-refractivity contribution in [3.63, 3.8) is 0 Å². The summed E-state index contributed by atoms with van der Waals surface area (Å²) in [6.07, 6.45) is 0.112. The second-order valence-electron chi connectivity index (χ2n) is 4.61. The van der Waals surface area contributed by atoms with Crippen LogP contribution in [0, 0.1) is 0 Å². The first-order valence-electron chi connectivity index (χ1n) is 6.06. The van der Waals surface area contributed by atoms with Gasteiger partial charge in [-0.15, -0.1) is 0 Å². The van der Waals surface area contributed by atoms with E-state index in [9.17, 15) is 13.5 Å². The third-order valence-electron chi connectivity index (χ3n) is 3.02. The molecule has 0 saturated carbocycles. The van der Waals surface area contributed by atoms with Gasteiger partial charge >= 0.3 is 0 Å². The minimum Gasteiger partial charge on any atom is -0.386 e. The number of alkyl halides is 1. The molecule has 0 saturated heterocycles. The van der Waals surface area contributed by atoms with Gasteiger partial charge in [-0.25, -0.2) is 8.42 Å². The lowest BCUT2D eigenvalue weighted by Gasteiger charge is -2.16. The van der Waals surface area contributed by atoms with Crippen LogP contribution in [0.5, 0.6) is 0 Å². The van der Waals surface area contributed by atoms with E-state index in [0.717, 1.165) is 17.4 Å². The highest BCUT2D eigenvalue weighted by atomic mass is 127. The molecule has 0 amide bonds. The second-order valence-corrected chi connectivity index (χ2v) is 8.97. The Bertz CT molecular complexity index is 666. The average molecular weight is 402 g/mol. The van der Waals surface area contributed by atoms with Gasteiger partial charge in [0.1, 0.15) is 9.36 Å². The Morgan fingerprint density at radius 3 is 1.95 bits per heavy atom. The zero-order valence-electron chi connectivity index (χ0n) is 10.9. The maximum Gasteiger partial charge on any atom is 0.162 e. The Kier molecular flexibility index (Phi) is 4.82. The van der Waals surface area contributed by atoms with Gasteiger partial charge in [-0.05, 0) is 16.7 Å². The molecule has 0 aliphatic rings. The van der Waals surface area contributed by atoms with E-state index in [1.54, 1.807) is 34.7 Å². The molecule has 0 aromatic heterocycles. The van der Waals surface area contributed by atoms with E-state index >= 15 is 0 Å². The Balaban J connectivity index is 2.25. The Labute approximate surface area is 132 Å². The summed E-state index contributed by atoms with van der Waals surface area (Å²) in [5.74, 6) is 0. The van der Waals surface area contributed by atoms with Crippen molar-refractivity contribution < 1.29 is 13.5 Å². The molecular weight excluding hydrogens is 387 g/mol. The fraction of sp³-hybridized carbons (Fsp3) is 0.200. The molecule has 0 aliphatic carbocycles. The molecule has 0 aliphatic heterocycles. The first kappa shape index (κ1) is 15.5. The van der Waals surface area contributed by atoms with Crippen LogP contribution >= 0.6 is 22.6 Å². The lowest BCUT2D eigenvalue weighted by atomic mass is 10.0. The monoisotopic (exact) mass is 402 g/mol. The number of halogens is 1. The van der Waals surface area contributed by atoms with Crippen molar-refractivity contribution >= 4 is 32.4 Å². The third-order valence-corrected chi connectivity index (χ3v) is 7.54. The van der Waals surface area contributed by atoms with Gasteiger partial charge in [0.2, 0.25) is 0 Å². The molecule has 20 heavy (non-hydrogen) atoms. The molecular formula is C15H15IO3S. The van der Waals surface area contributed by atoms with Gasteiger partial charge in [-0.1, -0.05) is 77.2 Å². The molecule has 2 aromatic carbocycles. The molecule has 0 spiro atoms. The van der Waals surface area contributed by atoms with Gasteiger partial charge in [0, 0.05) is 6.26 Å². The van der Waals surface area contributed by atoms with Crippen molar-refractivity contribution in [1.82, 2.24) is 0 Å². The van der Waals surface area contributed by atoms with Gasteiger partial charge in [0.25, 0.3) is 0 Å². The molecule has 5 heteroatoms. The normalized spacial score (nSPS) is 14.8. The Morgan fingerprint density at radius 1 is 0.950 bits per heavy atom. The molecule has 2 unspecified atom stereocenters. The molecule has 3 nitrogen and oxygen atoms in total. The smallest absolute Gasteiger partial charge is 0.162 e. The van der Waals surface area contributed by atoms with Gasteiger partial charge in [-0.2, -0.15) is 0 Å². The SMILES string of the molecule is CS(=O)(=O)C(I)C(O)c1ccc(-c2ccccc2)cc1. The Hall–Kier alpha value is -0.920. The third kappa shape index (κ3) is 3.59. The standard InChI is InChI=1S/C15H15IO3S/c1-20(18,19)15(16)14(17)13-9-7-12(8-10-13)11-5-3-2-4-6-11/h2-10,14-15,17H,1H3.